The Balaban J connectivity index is 0.000000671. The van der Waals surface area contributed by atoms with Crippen LogP contribution in [0.25, 0.3) is 0 Å². The molecule has 78 valence electrons. The third kappa shape index (κ3) is 4.41. The van der Waals surface area contributed by atoms with Crippen molar-refractivity contribution < 1.29 is 9.53 Å². The molecule has 2 nitrogen and oxygen atoms in total. The summed E-state index contributed by atoms with van der Waals surface area (Å²) in [4.78, 5) is 11.0. The first kappa shape index (κ1) is 12.6. The highest BCUT2D eigenvalue weighted by molar-refractivity contribution is 5.78. The van der Waals surface area contributed by atoms with E-state index in [9.17, 15) is 4.79 Å². The molecule has 0 bridgehead atoms. The Hall–Kier alpha value is -0.370. The maximum atomic E-state index is 11.0. The zero-order chi connectivity index (χ0) is 10.3. The van der Waals surface area contributed by atoms with E-state index in [-0.39, 0.29) is 0 Å². The molecule has 0 spiro atoms. The molecule has 0 atom stereocenters. The predicted molar refractivity (Wildman–Crippen MR) is 54.8 cm³/mol. The second-order valence-electron chi connectivity index (χ2n) is 3.32. The second-order valence-corrected chi connectivity index (χ2v) is 3.32. The highest BCUT2D eigenvalue weighted by Gasteiger charge is 2.23. The zero-order valence-corrected chi connectivity index (χ0v) is 9.30. The lowest BCUT2D eigenvalue weighted by Gasteiger charge is -2.25. The van der Waals surface area contributed by atoms with Crippen molar-refractivity contribution in [3.05, 3.63) is 0 Å². The number of rotatable bonds is 2. The molecule has 0 saturated heterocycles. The van der Waals surface area contributed by atoms with E-state index in [0.717, 1.165) is 25.7 Å². The molecule has 1 aliphatic rings. The molecule has 1 fully saturated rings. The van der Waals surface area contributed by atoms with Crippen LogP contribution in [0.4, 0.5) is 0 Å². The average molecular weight is 186 g/mol. The fraction of sp³-hybridized carbons (Fsp3) is 0.909. The van der Waals surface area contributed by atoms with E-state index in [1.165, 1.54) is 0 Å². The van der Waals surface area contributed by atoms with Crippen LogP contribution in [0.5, 0.6) is 0 Å². The van der Waals surface area contributed by atoms with Gasteiger partial charge in [0.25, 0.3) is 0 Å². The summed E-state index contributed by atoms with van der Waals surface area (Å²) in [6.45, 7) is 5.69. The SMILES string of the molecule is CC.COC1CCC(C(C)=O)CC1. The summed E-state index contributed by atoms with van der Waals surface area (Å²) < 4.78 is 5.21. The highest BCUT2D eigenvalue weighted by Crippen LogP contribution is 2.26. The molecule has 0 unspecified atom stereocenters. The summed E-state index contributed by atoms with van der Waals surface area (Å²) in [6, 6.07) is 0. The molecule has 2 heteroatoms. The van der Waals surface area contributed by atoms with Crippen LogP contribution in [-0.4, -0.2) is 19.0 Å². The van der Waals surface area contributed by atoms with Crippen molar-refractivity contribution in [1.82, 2.24) is 0 Å². The Labute approximate surface area is 81.7 Å². The van der Waals surface area contributed by atoms with Gasteiger partial charge in [-0.25, -0.2) is 0 Å². The molecule has 0 amide bonds. The standard InChI is InChI=1S/C9H16O2.C2H6/c1-7(10)8-3-5-9(11-2)6-4-8;1-2/h8-9H,3-6H2,1-2H3;1-2H3. The van der Waals surface area contributed by atoms with Gasteiger partial charge in [0.05, 0.1) is 6.10 Å². The van der Waals surface area contributed by atoms with Crippen LogP contribution in [0, 0.1) is 5.92 Å². The summed E-state index contributed by atoms with van der Waals surface area (Å²) in [5.74, 6) is 0.668. The molecule has 0 aromatic rings. The van der Waals surface area contributed by atoms with Gasteiger partial charge in [0.1, 0.15) is 5.78 Å². The summed E-state index contributed by atoms with van der Waals surface area (Å²) in [7, 11) is 1.75. The topological polar surface area (TPSA) is 26.3 Å². The number of carbonyl (C=O) groups is 1. The lowest BCUT2D eigenvalue weighted by molar-refractivity contribution is -0.122. The minimum absolute atomic E-state index is 0.321. The van der Waals surface area contributed by atoms with E-state index in [2.05, 4.69) is 0 Å². The fourth-order valence-electron chi connectivity index (χ4n) is 1.71. The Morgan fingerprint density at radius 2 is 1.62 bits per heavy atom. The Kier molecular flexibility index (Phi) is 6.87. The summed E-state index contributed by atoms with van der Waals surface area (Å²) in [5.41, 5.74) is 0. The van der Waals surface area contributed by atoms with Crippen LogP contribution in [0.3, 0.4) is 0 Å². The van der Waals surface area contributed by atoms with Crippen LogP contribution in [0.15, 0.2) is 0 Å². The van der Waals surface area contributed by atoms with Gasteiger partial charge in [-0.3, -0.25) is 4.79 Å². The number of methoxy groups -OCH3 is 1. The molecule has 0 radical (unpaired) electrons. The van der Waals surface area contributed by atoms with Gasteiger partial charge in [-0.15, -0.1) is 0 Å². The molecule has 0 aliphatic heterocycles. The van der Waals surface area contributed by atoms with Gasteiger partial charge in [0, 0.05) is 13.0 Å². The van der Waals surface area contributed by atoms with E-state index < -0.39 is 0 Å². The maximum absolute atomic E-state index is 11.0. The molecular formula is C11H22O2. The van der Waals surface area contributed by atoms with Gasteiger partial charge in [-0.1, -0.05) is 13.8 Å². The van der Waals surface area contributed by atoms with Crippen LogP contribution >= 0.6 is 0 Å². The van der Waals surface area contributed by atoms with Crippen LogP contribution in [-0.2, 0) is 9.53 Å². The first-order chi connectivity index (χ1) is 6.24. The third-order valence-electron chi connectivity index (χ3n) is 2.58. The van der Waals surface area contributed by atoms with E-state index in [0.29, 0.717) is 17.8 Å². The van der Waals surface area contributed by atoms with Gasteiger partial charge >= 0.3 is 0 Å². The largest absolute Gasteiger partial charge is 0.381 e. The monoisotopic (exact) mass is 186 g/mol. The minimum Gasteiger partial charge on any atom is -0.381 e. The van der Waals surface area contributed by atoms with Crippen molar-refractivity contribution >= 4 is 5.78 Å². The Morgan fingerprint density at radius 3 is 1.92 bits per heavy atom. The summed E-state index contributed by atoms with van der Waals surface area (Å²) in [5, 5.41) is 0. The number of hydrogen-bond donors (Lipinski definition) is 0. The minimum atomic E-state index is 0.321. The number of carbonyl (C=O) groups excluding carboxylic acids is 1. The predicted octanol–water partition coefficient (Wildman–Crippen LogP) is 2.81. The molecule has 1 saturated carbocycles. The van der Waals surface area contributed by atoms with Crippen molar-refractivity contribution in [1.29, 1.82) is 0 Å². The normalized spacial score (nSPS) is 27.4. The second kappa shape index (κ2) is 7.07. The van der Waals surface area contributed by atoms with Gasteiger partial charge in [-0.2, -0.15) is 0 Å². The first-order valence-electron chi connectivity index (χ1n) is 5.27. The third-order valence-corrected chi connectivity index (χ3v) is 2.58. The van der Waals surface area contributed by atoms with Crippen molar-refractivity contribution in [2.24, 2.45) is 5.92 Å². The molecule has 13 heavy (non-hydrogen) atoms. The molecule has 0 N–H and O–H groups in total. The Morgan fingerprint density at radius 1 is 1.15 bits per heavy atom. The molecule has 0 heterocycles. The summed E-state index contributed by atoms with van der Waals surface area (Å²) >= 11 is 0. The van der Waals surface area contributed by atoms with E-state index in [4.69, 9.17) is 4.74 Å². The Bertz CT molecular complexity index is 135. The number of ether oxygens (including phenoxy) is 1. The van der Waals surface area contributed by atoms with Crippen molar-refractivity contribution in [3.8, 4) is 0 Å². The van der Waals surface area contributed by atoms with Gasteiger partial charge < -0.3 is 4.74 Å². The van der Waals surface area contributed by atoms with Crippen molar-refractivity contribution in [2.75, 3.05) is 7.11 Å². The molecule has 0 aromatic carbocycles. The van der Waals surface area contributed by atoms with Gasteiger partial charge in [0.15, 0.2) is 0 Å². The smallest absolute Gasteiger partial charge is 0.132 e. The molecular weight excluding hydrogens is 164 g/mol. The summed E-state index contributed by atoms with van der Waals surface area (Å²) in [6.07, 6.45) is 4.56. The van der Waals surface area contributed by atoms with Crippen LogP contribution in [0.1, 0.15) is 46.5 Å². The first-order valence-corrected chi connectivity index (χ1v) is 5.27. The lowest BCUT2D eigenvalue weighted by Crippen LogP contribution is -2.23. The average Bonchev–Trinajstić information content (AvgIpc) is 2.21. The van der Waals surface area contributed by atoms with E-state index >= 15 is 0 Å². The molecule has 1 rings (SSSR count). The quantitative estimate of drug-likeness (QED) is 0.663. The van der Waals surface area contributed by atoms with Crippen LogP contribution < -0.4 is 0 Å². The lowest BCUT2D eigenvalue weighted by atomic mass is 9.85. The van der Waals surface area contributed by atoms with Crippen molar-refractivity contribution in [2.45, 2.75) is 52.6 Å². The molecule has 1 aliphatic carbocycles. The van der Waals surface area contributed by atoms with Crippen LogP contribution in [0.2, 0.25) is 0 Å². The number of ketones is 1. The van der Waals surface area contributed by atoms with Crippen molar-refractivity contribution in [3.63, 3.8) is 0 Å². The van der Waals surface area contributed by atoms with Gasteiger partial charge in [-0.05, 0) is 32.6 Å². The highest BCUT2D eigenvalue weighted by atomic mass is 16.5. The number of Topliss-reactive ketones (excluding diaryl/α,β-unsaturated/α-hetero) is 1. The van der Waals surface area contributed by atoms with E-state index in [1.54, 1.807) is 14.0 Å². The van der Waals surface area contributed by atoms with E-state index in [1.807, 2.05) is 13.8 Å². The number of hydrogen-bond acceptors (Lipinski definition) is 2. The van der Waals surface area contributed by atoms with Gasteiger partial charge in [0.2, 0.25) is 0 Å². The maximum Gasteiger partial charge on any atom is 0.132 e. The fourth-order valence-corrected chi connectivity index (χ4v) is 1.71. The zero-order valence-electron chi connectivity index (χ0n) is 9.30. The molecule has 0 aromatic heterocycles.